The van der Waals surface area contributed by atoms with Crippen molar-refractivity contribution < 1.29 is 9.90 Å². The summed E-state index contributed by atoms with van der Waals surface area (Å²) in [5, 5.41) is 12.0. The monoisotopic (exact) mass is 281 g/mol. The van der Waals surface area contributed by atoms with Crippen LogP contribution in [0.25, 0.3) is 0 Å². The van der Waals surface area contributed by atoms with E-state index in [1.807, 2.05) is 30.3 Å². The number of anilines is 1. The second-order valence-electron chi connectivity index (χ2n) is 5.55. The number of hydrogen-bond donors (Lipinski definition) is 2. The number of carbonyl (C=O) groups is 1. The lowest BCUT2D eigenvalue weighted by molar-refractivity contribution is -0.120. The molecule has 3 rings (SSSR count). The molecule has 0 radical (unpaired) electrons. The minimum Gasteiger partial charge on any atom is -0.392 e. The number of aliphatic hydroxyl groups is 1. The van der Waals surface area contributed by atoms with Crippen LogP contribution in [-0.4, -0.2) is 11.0 Å². The number of carbonyl (C=O) groups excluding carboxylic acids is 1. The zero-order valence-corrected chi connectivity index (χ0v) is 11.9. The highest BCUT2D eigenvalue weighted by atomic mass is 16.3. The number of aryl methyl sites for hydroxylation is 1. The van der Waals surface area contributed by atoms with Crippen LogP contribution in [0.3, 0.4) is 0 Å². The molecular formula is C18H19NO2. The second kappa shape index (κ2) is 6.10. The summed E-state index contributed by atoms with van der Waals surface area (Å²) >= 11 is 0. The van der Waals surface area contributed by atoms with E-state index in [1.54, 1.807) is 0 Å². The van der Waals surface area contributed by atoms with Crippen molar-refractivity contribution in [1.82, 2.24) is 0 Å². The van der Waals surface area contributed by atoms with E-state index in [9.17, 15) is 4.79 Å². The Bertz CT molecular complexity index is 634. The highest BCUT2D eigenvalue weighted by molar-refractivity contribution is 5.92. The molecule has 0 bridgehead atoms. The third-order valence-corrected chi connectivity index (χ3v) is 4.12. The zero-order chi connectivity index (χ0) is 14.7. The van der Waals surface area contributed by atoms with E-state index in [2.05, 4.69) is 23.5 Å². The van der Waals surface area contributed by atoms with Gasteiger partial charge in [0, 0.05) is 11.6 Å². The van der Waals surface area contributed by atoms with Gasteiger partial charge in [0.05, 0.1) is 6.61 Å². The molecule has 0 aliphatic heterocycles. The molecule has 0 aromatic heterocycles. The van der Waals surface area contributed by atoms with Crippen molar-refractivity contribution >= 4 is 11.6 Å². The lowest BCUT2D eigenvalue weighted by atomic mass is 9.83. The van der Waals surface area contributed by atoms with E-state index in [4.69, 9.17) is 5.11 Å². The largest absolute Gasteiger partial charge is 0.392 e. The normalized spacial score (nSPS) is 17.1. The maximum Gasteiger partial charge on any atom is 0.227 e. The number of aliphatic hydroxyl groups excluding tert-OH is 1. The summed E-state index contributed by atoms with van der Waals surface area (Å²) in [6.07, 6.45) is 2.69. The van der Waals surface area contributed by atoms with Gasteiger partial charge in [-0.1, -0.05) is 36.4 Å². The molecule has 2 aromatic rings. The molecule has 2 aromatic carbocycles. The number of fused-ring (bicyclic) bond motifs is 1. The molecule has 1 unspecified atom stereocenters. The maximum atomic E-state index is 12.4. The van der Waals surface area contributed by atoms with Crippen molar-refractivity contribution in [2.75, 3.05) is 5.32 Å². The van der Waals surface area contributed by atoms with Crippen molar-refractivity contribution in [2.24, 2.45) is 5.92 Å². The van der Waals surface area contributed by atoms with E-state index in [0.29, 0.717) is 0 Å². The van der Waals surface area contributed by atoms with Gasteiger partial charge in [0.15, 0.2) is 0 Å². The predicted octanol–water partition coefficient (Wildman–Crippen LogP) is 2.92. The first-order valence-corrected chi connectivity index (χ1v) is 7.33. The van der Waals surface area contributed by atoms with Crippen LogP contribution in [-0.2, 0) is 24.2 Å². The maximum absolute atomic E-state index is 12.4. The van der Waals surface area contributed by atoms with Crippen molar-refractivity contribution in [3.63, 3.8) is 0 Å². The van der Waals surface area contributed by atoms with Crippen molar-refractivity contribution in [3.8, 4) is 0 Å². The molecule has 0 saturated heterocycles. The van der Waals surface area contributed by atoms with E-state index in [-0.39, 0.29) is 18.4 Å². The summed E-state index contributed by atoms with van der Waals surface area (Å²) in [6.45, 7) is 0.0215. The summed E-state index contributed by atoms with van der Waals surface area (Å²) in [4.78, 5) is 12.4. The predicted molar refractivity (Wildman–Crippen MR) is 83.0 cm³/mol. The highest BCUT2D eigenvalue weighted by Gasteiger charge is 2.24. The highest BCUT2D eigenvalue weighted by Crippen LogP contribution is 2.26. The number of hydrogen-bond acceptors (Lipinski definition) is 2. The first-order chi connectivity index (χ1) is 10.3. The molecule has 108 valence electrons. The summed E-state index contributed by atoms with van der Waals surface area (Å²) in [5.41, 5.74) is 4.30. The van der Waals surface area contributed by atoms with Crippen molar-refractivity contribution in [3.05, 3.63) is 65.2 Å². The van der Waals surface area contributed by atoms with Gasteiger partial charge in [-0.3, -0.25) is 4.79 Å². The third kappa shape index (κ3) is 3.14. The molecule has 0 spiro atoms. The van der Waals surface area contributed by atoms with Crippen LogP contribution in [0.4, 0.5) is 5.69 Å². The average molecular weight is 281 g/mol. The molecule has 0 saturated carbocycles. The molecule has 3 nitrogen and oxygen atoms in total. The van der Waals surface area contributed by atoms with Crippen LogP contribution in [0.15, 0.2) is 48.5 Å². The number of rotatable bonds is 3. The number of amides is 1. The van der Waals surface area contributed by atoms with Gasteiger partial charge in [0.1, 0.15) is 0 Å². The standard InChI is InChI=1S/C18H19NO2/c20-12-13-5-9-17(10-6-13)19-18(21)16-8-7-14-3-1-2-4-15(14)11-16/h1-6,9-10,16,20H,7-8,11-12H2,(H,19,21). The van der Waals surface area contributed by atoms with Crippen LogP contribution in [0.1, 0.15) is 23.1 Å². The van der Waals surface area contributed by atoms with Crippen LogP contribution in [0, 0.1) is 5.92 Å². The van der Waals surface area contributed by atoms with Crippen molar-refractivity contribution in [2.45, 2.75) is 25.9 Å². The summed E-state index contributed by atoms with van der Waals surface area (Å²) in [5.74, 6) is 0.124. The fraction of sp³-hybridized carbons (Fsp3) is 0.278. The lowest BCUT2D eigenvalue weighted by Crippen LogP contribution is -2.28. The lowest BCUT2D eigenvalue weighted by Gasteiger charge is -2.23. The number of benzene rings is 2. The molecule has 2 N–H and O–H groups in total. The Hall–Kier alpha value is -2.13. The minimum atomic E-state index is 0.0215. The Morgan fingerprint density at radius 3 is 2.52 bits per heavy atom. The Labute approximate surface area is 124 Å². The summed E-state index contributed by atoms with van der Waals surface area (Å²) in [6, 6.07) is 15.7. The van der Waals surface area contributed by atoms with Crippen LogP contribution in [0.5, 0.6) is 0 Å². The fourth-order valence-corrected chi connectivity index (χ4v) is 2.86. The first-order valence-electron chi connectivity index (χ1n) is 7.33. The van der Waals surface area contributed by atoms with Crippen molar-refractivity contribution in [1.29, 1.82) is 0 Å². The summed E-state index contributed by atoms with van der Waals surface area (Å²) < 4.78 is 0. The molecule has 1 aliphatic rings. The van der Waals surface area contributed by atoms with Gasteiger partial charge in [-0.05, 0) is 48.1 Å². The van der Waals surface area contributed by atoms with Crippen LogP contribution < -0.4 is 5.32 Å². The van der Waals surface area contributed by atoms with Gasteiger partial charge >= 0.3 is 0 Å². The molecule has 0 fully saturated rings. The van der Waals surface area contributed by atoms with Crippen LogP contribution >= 0.6 is 0 Å². The Kier molecular flexibility index (Phi) is 4.02. The van der Waals surface area contributed by atoms with Gasteiger partial charge in [-0.25, -0.2) is 0 Å². The molecule has 0 heterocycles. The van der Waals surface area contributed by atoms with Gasteiger partial charge in [0.2, 0.25) is 5.91 Å². The smallest absolute Gasteiger partial charge is 0.227 e. The SMILES string of the molecule is O=C(Nc1ccc(CO)cc1)C1CCc2ccccc2C1. The quantitative estimate of drug-likeness (QED) is 0.909. The van der Waals surface area contributed by atoms with E-state index >= 15 is 0 Å². The van der Waals surface area contributed by atoms with Gasteiger partial charge < -0.3 is 10.4 Å². The molecule has 21 heavy (non-hydrogen) atoms. The molecule has 3 heteroatoms. The van der Waals surface area contributed by atoms with Gasteiger partial charge in [-0.2, -0.15) is 0 Å². The van der Waals surface area contributed by atoms with E-state index in [1.165, 1.54) is 11.1 Å². The Balaban J connectivity index is 1.66. The third-order valence-electron chi connectivity index (χ3n) is 4.12. The molecule has 1 atom stereocenters. The zero-order valence-electron chi connectivity index (χ0n) is 11.9. The molecule has 1 aliphatic carbocycles. The van der Waals surface area contributed by atoms with Crippen LogP contribution in [0.2, 0.25) is 0 Å². The molecular weight excluding hydrogens is 262 g/mol. The Morgan fingerprint density at radius 1 is 1.10 bits per heavy atom. The van der Waals surface area contributed by atoms with Gasteiger partial charge in [-0.15, -0.1) is 0 Å². The van der Waals surface area contributed by atoms with Gasteiger partial charge in [0.25, 0.3) is 0 Å². The minimum absolute atomic E-state index is 0.0215. The van der Waals surface area contributed by atoms with E-state index in [0.717, 1.165) is 30.5 Å². The summed E-state index contributed by atoms with van der Waals surface area (Å²) in [7, 11) is 0. The topological polar surface area (TPSA) is 49.3 Å². The average Bonchev–Trinajstić information content (AvgIpc) is 2.55. The van der Waals surface area contributed by atoms with E-state index < -0.39 is 0 Å². The fourth-order valence-electron chi connectivity index (χ4n) is 2.86. The Morgan fingerprint density at radius 2 is 1.81 bits per heavy atom. The number of nitrogens with one attached hydrogen (secondary N) is 1. The second-order valence-corrected chi connectivity index (χ2v) is 5.55. The first kappa shape index (κ1) is 13.8. The molecule has 1 amide bonds.